The van der Waals surface area contributed by atoms with Gasteiger partial charge in [-0.2, -0.15) is 0 Å². The Morgan fingerprint density at radius 1 is 0.870 bits per heavy atom. The van der Waals surface area contributed by atoms with Crippen LogP contribution < -0.4 is 0 Å². The van der Waals surface area contributed by atoms with Crippen molar-refractivity contribution in [2.45, 2.75) is 128 Å². The SMILES string of the molecule is COC1COC(OC2CC[C@@]3(C)C(C(O)CC4(O)C5C(O)CC([C@H](C)/C=C/[C@@H](C)C(C)CO)C5(C)CCC43)C2O)C(OC)C1OC. The van der Waals surface area contributed by atoms with E-state index in [0.717, 1.165) is 12.8 Å². The third-order valence-electron chi connectivity index (χ3n) is 13.9. The molecule has 4 saturated carbocycles. The maximum atomic E-state index is 12.7. The van der Waals surface area contributed by atoms with Gasteiger partial charge in [0.2, 0.25) is 0 Å². The summed E-state index contributed by atoms with van der Waals surface area (Å²) < 4.78 is 29.3. The van der Waals surface area contributed by atoms with Crippen LogP contribution in [-0.4, -0.2) is 115 Å². The first-order chi connectivity index (χ1) is 21.7. The molecule has 10 nitrogen and oxygen atoms in total. The summed E-state index contributed by atoms with van der Waals surface area (Å²) in [4.78, 5) is 0. The molecule has 1 aliphatic heterocycles. The lowest BCUT2D eigenvalue weighted by Crippen LogP contribution is -2.71. The molecule has 0 aromatic carbocycles. The van der Waals surface area contributed by atoms with E-state index in [1.54, 1.807) is 21.3 Å². The van der Waals surface area contributed by atoms with Gasteiger partial charge in [0, 0.05) is 46.2 Å². The molecule has 0 amide bonds. The molecular formula is C36H62O10. The Hall–Kier alpha value is -0.660. The smallest absolute Gasteiger partial charge is 0.186 e. The molecule has 0 aromatic rings. The Morgan fingerprint density at radius 3 is 2.17 bits per heavy atom. The summed E-state index contributed by atoms with van der Waals surface area (Å²) in [5.74, 6) is -0.255. The number of methoxy groups -OCH3 is 3. The van der Waals surface area contributed by atoms with Crippen LogP contribution >= 0.6 is 0 Å². The van der Waals surface area contributed by atoms with Gasteiger partial charge in [-0.3, -0.25) is 0 Å². The minimum absolute atomic E-state index is 0.114. The van der Waals surface area contributed by atoms with Crippen LogP contribution in [0.2, 0.25) is 0 Å². The maximum absolute atomic E-state index is 12.7. The molecular weight excluding hydrogens is 592 g/mol. The van der Waals surface area contributed by atoms with Crippen molar-refractivity contribution in [1.29, 1.82) is 0 Å². The summed E-state index contributed by atoms with van der Waals surface area (Å²) in [6.45, 7) is 11.1. The van der Waals surface area contributed by atoms with Crippen LogP contribution in [-0.2, 0) is 23.7 Å². The predicted molar refractivity (Wildman–Crippen MR) is 172 cm³/mol. The number of hydrogen-bond donors (Lipinski definition) is 5. The van der Waals surface area contributed by atoms with Gasteiger partial charge in [0.25, 0.3) is 0 Å². The van der Waals surface area contributed by atoms with Gasteiger partial charge in [0.15, 0.2) is 6.29 Å². The van der Waals surface area contributed by atoms with Gasteiger partial charge in [0.1, 0.15) is 18.3 Å². The average molecular weight is 655 g/mol. The molecule has 1 heterocycles. The number of aliphatic hydroxyl groups excluding tert-OH is 4. The Bertz CT molecular complexity index is 1060. The fourth-order valence-corrected chi connectivity index (χ4v) is 11.2. The van der Waals surface area contributed by atoms with Crippen LogP contribution in [0.25, 0.3) is 0 Å². The van der Waals surface area contributed by atoms with E-state index in [2.05, 4.69) is 39.8 Å². The normalized spacial score (nSPS) is 51.2. The molecule has 0 aromatic heterocycles. The third-order valence-corrected chi connectivity index (χ3v) is 13.9. The molecule has 5 aliphatic rings. The summed E-state index contributed by atoms with van der Waals surface area (Å²) in [6.07, 6.45) is 2.73. The van der Waals surface area contributed by atoms with Crippen molar-refractivity contribution >= 4 is 0 Å². The maximum Gasteiger partial charge on any atom is 0.186 e. The van der Waals surface area contributed by atoms with Gasteiger partial charge >= 0.3 is 0 Å². The Balaban J connectivity index is 1.34. The second kappa shape index (κ2) is 13.9. The van der Waals surface area contributed by atoms with E-state index in [1.165, 1.54) is 0 Å². The van der Waals surface area contributed by atoms with Gasteiger partial charge in [-0.25, -0.2) is 0 Å². The van der Waals surface area contributed by atoms with Crippen LogP contribution in [0.15, 0.2) is 12.2 Å². The second-order valence-corrected chi connectivity index (χ2v) is 16.1. The van der Waals surface area contributed by atoms with Crippen LogP contribution in [0.3, 0.4) is 0 Å². The van der Waals surface area contributed by atoms with Crippen molar-refractivity contribution in [3.8, 4) is 0 Å². The molecule has 266 valence electrons. The first-order valence-corrected chi connectivity index (χ1v) is 17.6. The highest BCUT2D eigenvalue weighted by atomic mass is 16.7. The lowest BCUT2D eigenvalue weighted by molar-refractivity contribution is -0.323. The van der Waals surface area contributed by atoms with Gasteiger partial charge < -0.3 is 49.2 Å². The molecule has 46 heavy (non-hydrogen) atoms. The van der Waals surface area contributed by atoms with Gasteiger partial charge in [-0.15, -0.1) is 0 Å². The number of hydrogen-bond acceptors (Lipinski definition) is 10. The van der Waals surface area contributed by atoms with Gasteiger partial charge in [-0.05, 0) is 72.5 Å². The molecule has 5 rings (SSSR count). The lowest BCUT2D eigenvalue weighted by atomic mass is 9.41. The predicted octanol–water partition coefficient (Wildman–Crippen LogP) is 2.92. The average Bonchev–Trinajstić information content (AvgIpc) is 3.30. The van der Waals surface area contributed by atoms with Crippen molar-refractivity contribution < 1.29 is 49.2 Å². The number of rotatable bonds is 10. The second-order valence-electron chi connectivity index (χ2n) is 16.1. The highest BCUT2D eigenvalue weighted by molar-refractivity contribution is 5.21. The van der Waals surface area contributed by atoms with Crippen molar-refractivity contribution in [3.63, 3.8) is 0 Å². The number of allylic oxidation sites excluding steroid dienone is 2. The lowest BCUT2D eigenvalue weighted by Gasteiger charge is -2.66. The van der Waals surface area contributed by atoms with E-state index in [9.17, 15) is 25.5 Å². The fraction of sp³-hybridized carbons (Fsp3) is 0.944. The van der Waals surface area contributed by atoms with Crippen LogP contribution in [0.4, 0.5) is 0 Å². The van der Waals surface area contributed by atoms with Crippen LogP contribution in [0.1, 0.15) is 73.1 Å². The molecule has 10 heteroatoms. The van der Waals surface area contributed by atoms with E-state index in [-0.39, 0.29) is 66.7 Å². The van der Waals surface area contributed by atoms with Crippen LogP contribution in [0.5, 0.6) is 0 Å². The summed E-state index contributed by atoms with van der Waals surface area (Å²) in [5, 5.41) is 57.7. The molecule has 5 fully saturated rings. The largest absolute Gasteiger partial charge is 0.396 e. The molecule has 0 spiro atoms. The highest BCUT2D eigenvalue weighted by Crippen LogP contribution is 2.69. The van der Waals surface area contributed by atoms with Gasteiger partial charge in [0.05, 0.1) is 36.6 Å². The molecule has 15 unspecified atom stereocenters. The van der Waals surface area contributed by atoms with E-state index in [0.29, 0.717) is 19.3 Å². The fourth-order valence-electron chi connectivity index (χ4n) is 11.2. The van der Waals surface area contributed by atoms with Crippen molar-refractivity contribution in [3.05, 3.63) is 12.2 Å². The minimum Gasteiger partial charge on any atom is -0.396 e. The summed E-state index contributed by atoms with van der Waals surface area (Å²) in [7, 11) is 4.77. The van der Waals surface area contributed by atoms with Crippen LogP contribution in [0, 0.1) is 52.3 Å². The summed E-state index contributed by atoms with van der Waals surface area (Å²) in [5.41, 5.74) is -2.10. The third kappa shape index (κ3) is 5.94. The summed E-state index contributed by atoms with van der Waals surface area (Å²) >= 11 is 0. The Kier molecular flexibility index (Phi) is 11.1. The van der Waals surface area contributed by atoms with Crippen molar-refractivity contribution in [2.24, 2.45) is 52.3 Å². The first-order valence-electron chi connectivity index (χ1n) is 17.6. The van der Waals surface area contributed by atoms with Crippen molar-refractivity contribution in [2.75, 3.05) is 34.5 Å². The molecule has 18 atom stereocenters. The Labute approximate surface area is 275 Å². The van der Waals surface area contributed by atoms with E-state index in [1.807, 2.05) is 6.92 Å². The molecule has 5 N–H and O–H groups in total. The van der Waals surface area contributed by atoms with Crippen molar-refractivity contribution in [1.82, 2.24) is 0 Å². The monoisotopic (exact) mass is 654 g/mol. The molecule has 1 saturated heterocycles. The quantitative estimate of drug-likeness (QED) is 0.176. The number of aliphatic hydroxyl groups is 5. The zero-order valence-electron chi connectivity index (χ0n) is 29.2. The highest BCUT2D eigenvalue weighted by Gasteiger charge is 2.72. The van der Waals surface area contributed by atoms with E-state index in [4.69, 9.17) is 23.7 Å². The zero-order chi connectivity index (χ0) is 33.8. The first kappa shape index (κ1) is 36.6. The molecule has 0 bridgehead atoms. The minimum atomic E-state index is -1.25. The Morgan fingerprint density at radius 2 is 1.54 bits per heavy atom. The van der Waals surface area contributed by atoms with Gasteiger partial charge in [-0.1, -0.05) is 46.8 Å². The van der Waals surface area contributed by atoms with E-state index >= 15 is 0 Å². The summed E-state index contributed by atoms with van der Waals surface area (Å²) in [6, 6.07) is 0. The topological polar surface area (TPSA) is 147 Å². The standard InChI is InChI=1S/C36H62O10/c1-19(21(3)17-37)9-10-20(2)22-15-23(38)32-34(22,4)14-12-27-35(5)13-11-25(29(40)28(35)24(39)16-36(27,32)41)46-33-31(44-8)30(43-7)26(42-6)18-45-33/h9-10,19-33,37-41H,11-18H2,1-8H3/b10-9+/t19-,20-,21?,22?,23?,24?,25?,26?,27?,28?,29?,30?,31?,32?,33?,34?,35-,36?/m1/s1. The number of fused-ring (bicyclic) bond motifs is 5. The molecule has 4 aliphatic carbocycles. The number of ether oxygens (including phenoxy) is 5. The van der Waals surface area contributed by atoms with E-state index < -0.39 is 59.8 Å². The molecule has 0 radical (unpaired) electrons. The zero-order valence-corrected chi connectivity index (χ0v) is 29.2.